The lowest BCUT2D eigenvalue weighted by atomic mass is 10.0. The van der Waals surface area contributed by atoms with Gasteiger partial charge in [-0.1, -0.05) is 42.0 Å². The molecule has 0 amide bonds. The van der Waals surface area contributed by atoms with Crippen LogP contribution in [0.15, 0.2) is 54.1 Å². The van der Waals surface area contributed by atoms with E-state index < -0.39 is 0 Å². The van der Waals surface area contributed by atoms with Crippen molar-refractivity contribution in [3.8, 4) is 11.3 Å². The van der Waals surface area contributed by atoms with Crippen LogP contribution in [0.3, 0.4) is 0 Å². The van der Waals surface area contributed by atoms with Gasteiger partial charge in [-0.3, -0.25) is 4.79 Å². The van der Waals surface area contributed by atoms with E-state index >= 15 is 0 Å². The van der Waals surface area contributed by atoms with Crippen LogP contribution in [-0.4, -0.2) is 20.4 Å². The lowest BCUT2D eigenvalue weighted by Crippen LogP contribution is -2.12. The van der Waals surface area contributed by atoms with Crippen molar-refractivity contribution in [1.29, 1.82) is 0 Å². The number of benzene rings is 1. The zero-order valence-electron chi connectivity index (χ0n) is 15.1. The number of rotatable bonds is 5. The van der Waals surface area contributed by atoms with Gasteiger partial charge in [-0.05, 0) is 37.3 Å². The SMILES string of the molecule is Cc1ccc(-c2nc3ccc(C)cn3c2CC(=O)CC2CC=CS2)cc1. The Morgan fingerprint density at radius 1 is 1.15 bits per heavy atom. The van der Waals surface area contributed by atoms with Gasteiger partial charge in [0, 0.05) is 29.9 Å². The summed E-state index contributed by atoms with van der Waals surface area (Å²) in [6, 6.07) is 12.5. The molecule has 1 aliphatic rings. The third kappa shape index (κ3) is 3.47. The lowest BCUT2D eigenvalue weighted by molar-refractivity contribution is -0.118. The summed E-state index contributed by atoms with van der Waals surface area (Å²) in [6.07, 6.45) is 6.26. The largest absolute Gasteiger partial charge is 0.303 e. The van der Waals surface area contributed by atoms with E-state index in [-0.39, 0.29) is 5.78 Å². The van der Waals surface area contributed by atoms with Crippen molar-refractivity contribution in [3.63, 3.8) is 0 Å². The molecule has 0 saturated carbocycles. The average Bonchev–Trinajstić information content (AvgIpc) is 3.24. The van der Waals surface area contributed by atoms with Gasteiger partial charge in [0.2, 0.25) is 0 Å². The van der Waals surface area contributed by atoms with Gasteiger partial charge in [0.15, 0.2) is 0 Å². The van der Waals surface area contributed by atoms with Crippen LogP contribution >= 0.6 is 11.8 Å². The maximum absolute atomic E-state index is 12.8. The number of imidazole rings is 1. The molecule has 1 atom stereocenters. The van der Waals surface area contributed by atoms with Crippen LogP contribution in [0.2, 0.25) is 0 Å². The molecule has 3 aromatic rings. The first-order valence-electron chi connectivity index (χ1n) is 8.97. The molecule has 1 aromatic carbocycles. The first-order chi connectivity index (χ1) is 12.6. The van der Waals surface area contributed by atoms with E-state index in [2.05, 4.69) is 66.3 Å². The highest BCUT2D eigenvalue weighted by atomic mass is 32.2. The van der Waals surface area contributed by atoms with E-state index in [0.717, 1.165) is 34.6 Å². The van der Waals surface area contributed by atoms with Crippen molar-refractivity contribution in [2.45, 2.75) is 38.4 Å². The number of pyridine rings is 1. The van der Waals surface area contributed by atoms with E-state index in [9.17, 15) is 4.79 Å². The van der Waals surface area contributed by atoms with Crippen molar-refractivity contribution in [2.24, 2.45) is 0 Å². The van der Waals surface area contributed by atoms with Gasteiger partial charge in [-0.2, -0.15) is 0 Å². The van der Waals surface area contributed by atoms with E-state index in [1.165, 1.54) is 5.56 Å². The Kier molecular flexibility index (Phi) is 4.68. The number of thioether (sulfide) groups is 1. The number of nitrogens with zero attached hydrogens (tertiary/aromatic N) is 2. The fraction of sp³-hybridized carbons (Fsp3) is 0.273. The highest BCUT2D eigenvalue weighted by Crippen LogP contribution is 2.29. The summed E-state index contributed by atoms with van der Waals surface area (Å²) in [4.78, 5) is 17.6. The minimum atomic E-state index is 0.280. The quantitative estimate of drug-likeness (QED) is 0.630. The van der Waals surface area contributed by atoms with Gasteiger partial charge < -0.3 is 4.40 Å². The molecule has 0 radical (unpaired) electrons. The fourth-order valence-corrected chi connectivity index (χ4v) is 4.33. The molecule has 2 aromatic heterocycles. The van der Waals surface area contributed by atoms with E-state index in [0.29, 0.717) is 18.1 Å². The summed E-state index contributed by atoms with van der Waals surface area (Å²) in [5.41, 5.74) is 6.25. The molecule has 132 valence electrons. The average molecular weight is 362 g/mol. The standard InChI is InChI=1S/C22H22N2OS/c1-15-5-8-17(9-6-15)22-20(13-18(25)12-19-4-3-11-26-19)24-14-16(2)7-10-21(24)23-22/h3,5-11,14,19H,4,12-13H2,1-2H3. The molecule has 0 spiro atoms. The normalized spacial score (nSPS) is 16.5. The zero-order valence-corrected chi connectivity index (χ0v) is 15.9. The number of allylic oxidation sites excluding steroid dienone is 1. The third-order valence-corrected chi connectivity index (χ3v) is 5.87. The molecule has 0 bridgehead atoms. The molecular formula is C22H22N2OS. The van der Waals surface area contributed by atoms with Gasteiger partial charge in [0.25, 0.3) is 0 Å². The van der Waals surface area contributed by atoms with Crippen LogP contribution in [0.4, 0.5) is 0 Å². The number of hydrogen-bond donors (Lipinski definition) is 0. The Morgan fingerprint density at radius 2 is 1.92 bits per heavy atom. The van der Waals surface area contributed by atoms with Crippen molar-refractivity contribution >= 4 is 23.2 Å². The Hall–Kier alpha value is -2.33. The Balaban J connectivity index is 1.72. The number of ketones is 1. The smallest absolute Gasteiger partial charge is 0.139 e. The number of carbonyl (C=O) groups excluding carboxylic acids is 1. The van der Waals surface area contributed by atoms with E-state index in [4.69, 9.17) is 4.98 Å². The highest BCUT2D eigenvalue weighted by Gasteiger charge is 2.20. The monoisotopic (exact) mass is 362 g/mol. The maximum atomic E-state index is 12.8. The van der Waals surface area contributed by atoms with Crippen LogP contribution in [0.1, 0.15) is 29.7 Å². The third-order valence-electron chi connectivity index (χ3n) is 4.78. The van der Waals surface area contributed by atoms with Crippen molar-refractivity contribution in [2.75, 3.05) is 0 Å². The molecule has 3 heterocycles. The number of aryl methyl sites for hydroxylation is 2. The molecule has 3 nitrogen and oxygen atoms in total. The summed E-state index contributed by atoms with van der Waals surface area (Å²) >= 11 is 1.77. The summed E-state index contributed by atoms with van der Waals surface area (Å²) in [5, 5.41) is 2.50. The second kappa shape index (κ2) is 7.12. The number of Topliss-reactive ketones (excluding diaryl/α,β-unsaturated/α-hetero) is 1. The number of fused-ring (bicyclic) bond motifs is 1. The molecular weight excluding hydrogens is 340 g/mol. The second-order valence-electron chi connectivity index (χ2n) is 6.99. The molecule has 0 aliphatic carbocycles. The maximum Gasteiger partial charge on any atom is 0.139 e. The van der Waals surface area contributed by atoms with Gasteiger partial charge in [-0.25, -0.2) is 4.98 Å². The van der Waals surface area contributed by atoms with Crippen LogP contribution in [0.5, 0.6) is 0 Å². The predicted molar refractivity (Wildman–Crippen MR) is 109 cm³/mol. The number of carbonyl (C=O) groups is 1. The van der Waals surface area contributed by atoms with Crippen molar-refractivity contribution < 1.29 is 4.79 Å². The zero-order chi connectivity index (χ0) is 18.1. The summed E-state index contributed by atoms with van der Waals surface area (Å²) in [7, 11) is 0. The molecule has 0 N–H and O–H groups in total. The summed E-state index contributed by atoms with van der Waals surface area (Å²) in [6.45, 7) is 4.14. The van der Waals surface area contributed by atoms with Gasteiger partial charge in [0.05, 0.1) is 11.4 Å². The summed E-state index contributed by atoms with van der Waals surface area (Å²) < 4.78 is 2.09. The second-order valence-corrected chi connectivity index (χ2v) is 8.20. The molecule has 1 aliphatic heterocycles. The van der Waals surface area contributed by atoms with Gasteiger partial charge in [-0.15, -0.1) is 11.8 Å². The molecule has 1 unspecified atom stereocenters. The fourth-order valence-electron chi connectivity index (χ4n) is 3.38. The predicted octanol–water partition coefficient (Wildman–Crippen LogP) is 5.14. The highest BCUT2D eigenvalue weighted by molar-refractivity contribution is 8.03. The minimum absolute atomic E-state index is 0.280. The molecule has 26 heavy (non-hydrogen) atoms. The van der Waals surface area contributed by atoms with Gasteiger partial charge >= 0.3 is 0 Å². The molecule has 4 heteroatoms. The number of aromatic nitrogens is 2. The van der Waals surface area contributed by atoms with Crippen molar-refractivity contribution in [3.05, 3.63) is 70.9 Å². The topological polar surface area (TPSA) is 34.4 Å². The first kappa shape index (κ1) is 17.1. The first-order valence-corrected chi connectivity index (χ1v) is 9.91. The van der Waals surface area contributed by atoms with Gasteiger partial charge in [0.1, 0.15) is 11.4 Å². The van der Waals surface area contributed by atoms with Crippen molar-refractivity contribution in [1.82, 2.24) is 9.38 Å². The number of hydrogen-bond acceptors (Lipinski definition) is 3. The van der Waals surface area contributed by atoms with E-state index in [1.807, 2.05) is 6.07 Å². The molecule has 0 saturated heterocycles. The van der Waals surface area contributed by atoms with Crippen LogP contribution in [-0.2, 0) is 11.2 Å². The Bertz CT molecular complexity index is 977. The molecule has 4 rings (SSSR count). The van der Waals surface area contributed by atoms with E-state index in [1.54, 1.807) is 11.8 Å². The minimum Gasteiger partial charge on any atom is -0.303 e. The Morgan fingerprint density at radius 3 is 2.65 bits per heavy atom. The van der Waals surface area contributed by atoms with Crippen LogP contribution < -0.4 is 0 Å². The lowest BCUT2D eigenvalue weighted by Gasteiger charge is -2.09. The molecule has 0 fully saturated rings. The van der Waals surface area contributed by atoms with Crippen LogP contribution in [0.25, 0.3) is 16.9 Å². The Labute approximate surface area is 158 Å². The summed E-state index contributed by atoms with van der Waals surface area (Å²) in [5.74, 6) is 0.280. The van der Waals surface area contributed by atoms with Crippen LogP contribution in [0, 0.1) is 13.8 Å².